The van der Waals surface area contributed by atoms with E-state index in [0.717, 1.165) is 37.5 Å². The van der Waals surface area contributed by atoms with E-state index in [9.17, 15) is 9.59 Å². The highest BCUT2D eigenvalue weighted by molar-refractivity contribution is 5.82. The average Bonchev–Trinajstić information content (AvgIpc) is 3.45. The van der Waals surface area contributed by atoms with Gasteiger partial charge in [-0.2, -0.15) is 0 Å². The van der Waals surface area contributed by atoms with Gasteiger partial charge in [-0.05, 0) is 50.4 Å². The van der Waals surface area contributed by atoms with Crippen LogP contribution in [0.5, 0.6) is 0 Å². The predicted molar refractivity (Wildman–Crippen MR) is 90.7 cm³/mol. The highest BCUT2D eigenvalue weighted by Gasteiger charge is 2.53. The number of hydrogen-bond donors (Lipinski definition) is 0. The summed E-state index contributed by atoms with van der Waals surface area (Å²) in [5, 5.41) is 0. The second-order valence-electron chi connectivity index (χ2n) is 8.40. The summed E-state index contributed by atoms with van der Waals surface area (Å²) in [5.74, 6) is 0.468. The third kappa shape index (κ3) is 4.96. The Hall–Kier alpha value is -1.10. The van der Waals surface area contributed by atoms with Crippen LogP contribution >= 0.6 is 0 Å². The van der Waals surface area contributed by atoms with E-state index in [2.05, 4.69) is 0 Å². The van der Waals surface area contributed by atoms with Gasteiger partial charge in [0.1, 0.15) is 0 Å². The van der Waals surface area contributed by atoms with Crippen molar-refractivity contribution in [3.8, 4) is 0 Å². The minimum absolute atomic E-state index is 0.142. The van der Waals surface area contributed by atoms with Gasteiger partial charge in [-0.1, -0.05) is 25.7 Å². The van der Waals surface area contributed by atoms with Crippen molar-refractivity contribution in [2.24, 2.45) is 23.7 Å². The van der Waals surface area contributed by atoms with Gasteiger partial charge in [-0.25, -0.2) is 0 Å². The highest BCUT2D eigenvalue weighted by Crippen LogP contribution is 2.44. The molecule has 0 amide bonds. The second-order valence-corrected chi connectivity index (χ2v) is 8.40. The zero-order chi connectivity index (χ0) is 17.2. The molecule has 4 fully saturated rings. The van der Waals surface area contributed by atoms with E-state index in [1.807, 2.05) is 0 Å². The normalized spacial score (nSPS) is 33.4. The molecule has 0 N–H and O–H groups in total. The van der Waals surface area contributed by atoms with Gasteiger partial charge >= 0.3 is 11.9 Å². The summed E-state index contributed by atoms with van der Waals surface area (Å²) in [7, 11) is 0. The van der Waals surface area contributed by atoms with E-state index in [4.69, 9.17) is 14.2 Å². The Kier molecular flexibility index (Phi) is 5.30. The van der Waals surface area contributed by atoms with E-state index >= 15 is 0 Å². The number of epoxide rings is 1. The smallest absolute Gasteiger partial charge is 0.309 e. The summed E-state index contributed by atoms with van der Waals surface area (Å²) in [6.07, 6.45) is 11.0. The zero-order valence-electron chi connectivity index (χ0n) is 15.0. The van der Waals surface area contributed by atoms with Crippen molar-refractivity contribution in [3.05, 3.63) is 0 Å². The fraction of sp³-hybridized carbons (Fsp3) is 0.900. The standard InChI is InChI=1S/C20H30O5/c21-19(23-9-1-3-13-5-6-13)15-11-17-18(25-17)12-16(15)20(22)24-10-2-4-14-7-8-14/h13-18H,1-12H2. The summed E-state index contributed by atoms with van der Waals surface area (Å²) in [4.78, 5) is 25.0. The van der Waals surface area contributed by atoms with Crippen molar-refractivity contribution in [2.45, 2.75) is 76.4 Å². The van der Waals surface area contributed by atoms with Crippen molar-refractivity contribution in [1.29, 1.82) is 0 Å². The van der Waals surface area contributed by atoms with E-state index in [-0.39, 0.29) is 36.0 Å². The Labute approximate surface area is 149 Å². The SMILES string of the molecule is O=C(OCCCC1CC1)C1CC2OC2CC1C(=O)OCCCC1CC1. The van der Waals surface area contributed by atoms with Crippen LogP contribution in [0.1, 0.15) is 64.2 Å². The number of carbonyl (C=O) groups is 2. The molecular formula is C20H30O5. The fourth-order valence-electron chi connectivity index (χ4n) is 4.06. The maximum Gasteiger partial charge on any atom is 0.309 e. The minimum Gasteiger partial charge on any atom is -0.465 e. The summed E-state index contributed by atoms with van der Waals surface area (Å²) in [5.41, 5.74) is 0. The van der Waals surface area contributed by atoms with Crippen LogP contribution in [0.3, 0.4) is 0 Å². The first-order chi connectivity index (χ1) is 12.2. The average molecular weight is 350 g/mol. The lowest BCUT2D eigenvalue weighted by Crippen LogP contribution is -2.37. The van der Waals surface area contributed by atoms with Gasteiger partial charge in [0.25, 0.3) is 0 Å². The Bertz CT molecular complexity index is 452. The molecule has 4 unspecified atom stereocenters. The van der Waals surface area contributed by atoms with Gasteiger partial charge in [-0.15, -0.1) is 0 Å². The van der Waals surface area contributed by atoms with Crippen molar-refractivity contribution in [1.82, 2.24) is 0 Å². The fourth-order valence-corrected chi connectivity index (χ4v) is 4.06. The van der Waals surface area contributed by atoms with E-state index in [0.29, 0.717) is 26.1 Å². The summed E-state index contributed by atoms with van der Waals surface area (Å²) >= 11 is 0. The topological polar surface area (TPSA) is 65.1 Å². The number of fused-ring (bicyclic) bond motifs is 1. The molecule has 1 aliphatic heterocycles. The van der Waals surface area contributed by atoms with Gasteiger partial charge in [0.05, 0.1) is 37.3 Å². The quantitative estimate of drug-likeness (QED) is 0.344. The first kappa shape index (κ1) is 17.3. The van der Waals surface area contributed by atoms with Gasteiger partial charge < -0.3 is 14.2 Å². The van der Waals surface area contributed by atoms with Crippen LogP contribution in [-0.4, -0.2) is 37.4 Å². The Balaban J connectivity index is 1.22. The molecule has 1 heterocycles. The van der Waals surface area contributed by atoms with Gasteiger partial charge in [0, 0.05) is 0 Å². The van der Waals surface area contributed by atoms with Crippen LogP contribution in [0.25, 0.3) is 0 Å². The highest BCUT2D eigenvalue weighted by atomic mass is 16.6. The number of esters is 2. The van der Waals surface area contributed by atoms with Gasteiger partial charge in [-0.3, -0.25) is 9.59 Å². The Morgan fingerprint density at radius 1 is 0.760 bits per heavy atom. The molecule has 1 saturated heterocycles. The molecule has 3 aliphatic carbocycles. The molecule has 0 radical (unpaired) electrons. The van der Waals surface area contributed by atoms with Gasteiger partial charge in [0.2, 0.25) is 0 Å². The van der Waals surface area contributed by atoms with Crippen molar-refractivity contribution < 1.29 is 23.8 Å². The summed E-state index contributed by atoms with van der Waals surface area (Å²) < 4.78 is 16.5. The molecule has 0 spiro atoms. The Morgan fingerprint density at radius 3 is 1.60 bits per heavy atom. The number of carbonyl (C=O) groups excluding carboxylic acids is 2. The second kappa shape index (κ2) is 7.65. The van der Waals surface area contributed by atoms with Crippen LogP contribution in [0.2, 0.25) is 0 Å². The largest absolute Gasteiger partial charge is 0.465 e. The molecule has 4 aliphatic rings. The predicted octanol–water partition coefficient (Wildman–Crippen LogP) is 3.25. The molecule has 4 rings (SSSR count). The van der Waals surface area contributed by atoms with Crippen molar-refractivity contribution in [2.75, 3.05) is 13.2 Å². The third-order valence-electron chi connectivity index (χ3n) is 6.15. The molecule has 0 aromatic heterocycles. The number of hydrogen-bond acceptors (Lipinski definition) is 5. The summed E-state index contributed by atoms with van der Waals surface area (Å²) in [6, 6.07) is 0. The molecule has 0 bridgehead atoms. The molecule has 0 aromatic carbocycles. The van der Waals surface area contributed by atoms with Gasteiger partial charge in [0.15, 0.2) is 0 Å². The number of ether oxygens (including phenoxy) is 3. The van der Waals surface area contributed by atoms with Crippen LogP contribution in [0.15, 0.2) is 0 Å². The number of rotatable bonds is 10. The monoisotopic (exact) mass is 350 g/mol. The van der Waals surface area contributed by atoms with Crippen molar-refractivity contribution >= 4 is 11.9 Å². The third-order valence-corrected chi connectivity index (χ3v) is 6.15. The molecule has 140 valence electrons. The van der Waals surface area contributed by atoms with Crippen LogP contribution in [-0.2, 0) is 23.8 Å². The molecule has 5 heteroatoms. The Morgan fingerprint density at radius 2 is 1.20 bits per heavy atom. The first-order valence-corrected chi connectivity index (χ1v) is 10.2. The molecular weight excluding hydrogens is 320 g/mol. The molecule has 3 saturated carbocycles. The van der Waals surface area contributed by atoms with Crippen molar-refractivity contribution in [3.63, 3.8) is 0 Å². The van der Waals surface area contributed by atoms with E-state index in [1.54, 1.807) is 0 Å². The molecule has 4 atom stereocenters. The lowest BCUT2D eigenvalue weighted by molar-refractivity contribution is -0.162. The lowest BCUT2D eigenvalue weighted by atomic mass is 9.79. The maximum absolute atomic E-state index is 12.5. The molecule has 0 aromatic rings. The maximum atomic E-state index is 12.5. The van der Waals surface area contributed by atoms with E-state index in [1.165, 1.54) is 25.7 Å². The lowest BCUT2D eigenvalue weighted by Gasteiger charge is -2.26. The van der Waals surface area contributed by atoms with Crippen LogP contribution in [0.4, 0.5) is 0 Å². The molecule has 25 heavy (non-hydrogen) atoms. The first-order valence-electron chi connectivity index (χ1n) is 10.2. The molecule has 5 nitrogen and oxygen atoms in total. The minimum atomic E-state index is -0.388. The van der Waals surface area contributed by atoms with E-state index < -0.39 is 0 Å². The zero-order valence-corrected chi connectivity index (χ0v) is 15.0. The van der Waals surface area contributed by atoms with Crippen LogP contribution < -0.4 is 0 Å². The summed E-state index contributed by atoms with van der Waals surface area (Å²) in [6.45, 7) is 0.952. The van der Waals surface area contributed by atoms with Crippen LogP contribution in [0, 0.1) is 23.7 Å².